The zero-order chi connectivity index (χ0) is 23.2. The third-order valence-corrected chi connectivity index (χ3v) is 9.45. The minimum Gasteiger partial charge on any atom is -0.272 e. The Bertz CT molecular complexity index is 1070. The fourth-order valence-electron chi connectivity index (χ4n) is 4.13. The van der Waals surface area contributed by atoms with Gasteiger partial charge in [-0.15, -0.1) is 0 Å². The average molecular weight is 624 g/mol. The summed E-state index contributed by atoms with van der Waals surface area (Å²) in [6.45, 7) is -0.0908. The number of nitrogens with zero attached hydrogens (tertiary/aromatic N) is 2. The number of hydrogen-bond donors (Lipinski definition) is 0. The molecule has 0 radical (unpaired) electrons. The van der Waals surface area contributed by atoms with Gasteiger partial charge < -0.3 is 0 Å². The molecule has 0 spiro atoms. The molecule has 5 nitrogen and oxygen atoms in total. The van der Waals surface area contributed by atoms with Crippen molar-refractivity contribution in [1.82, 2.24) is 10.0 Å². The predicted octanol–water partition coefficient (Wildman–Crippen LogP) is 6.13. The Labute approximate surface area is 217 Å². The molecule has 10 heteroatoms. The molecule has 0 bridgehead atoms. The second kappa shape index (κ2) is 9.63. The van der Waals surface area contributed by atoms with Crippen molar-refractivity contribution in [3.8, 4) is 0 Å². The Hall–Kier alpha value is -1.12. The van der Waals surface area contributed by atoms with E-state index < -0.39 is 29.6 Å². The second-order valence-electron chi connectivity index (χ2n) is 7.78. The largest absolute Gasteiger partial charge is 0.274 e. The van der Waals surface area contributed by atoms with Gasteiger partial charge in [0.25, 0.3) is 17.7 Å². The molecule has 0 aromatic heterocycles. The van der Waals surface area contributed by atoms with Gasteiger partial charge in [0.1, 0.15) is 0 Å². The molecule has 1 saturated heterocycles. The third-order valence-electron chi connectivity index (χ3n) is 5.80. The SMILES string of the molecule is O=C(c1ccccc1Cl)N(Cc1ccc(Cl)cc1Cl)N1C(=O)[C@H]2C[C@H](Br)[C@@H](Br)C[C@H]2C1=O. The molecule has 1 saturated carbocycles. The Morgan fingerprint density at radius 2 is 1.53 bits per heavy atom. The number of rotatable bonds is 4. The number of carbonyl (C=O) groups excluding carboxylic acids is 3. The summed E-state index contributed by atoms with van der Waals surface area (Å²) in [5, 5.41) is 3.12. The lowest BCUT2D eigenvalue weighted by atomic mass is 9.81. The van der Waals surface area contributed by atoms with Crippen molar-refractivity contribution in [2.45, 2.75) is 29.0 Å². The molecule has 1 aliphatic heterocycles. The maximum Gasteiger partial charge on any atom is 0.274 e. The summed E-state index contributed by atoms with van der Waals surface area (Å²) in [5.41, 5.74) is 0.732. The van der Waals surface area contributed by atoms with Crippen LogP contribution >= 0.6 is 66.7 Å². The van der Waals surface area contributed by atoms with Gasteiger partial charge in [0.2, 0.25) is 0 Å². The molecule has 4 atom stereocenters. The highest BCUT2D eigenvalue weighted by Crippen LogP contribution is 2.44. The van der Waals surface area contributed by atoms with Crippen LogP contribution in [0.15, 0.2) is 42.5 Å². The summed E-state index contributed by atoms with van der Waals surface area (Å²) in [6.07, 6.45) is 0.995. The monoisotopic (exact) mass is 620 g/mol. The molecule has 0 N–H and O–H groups in total. The molecule has 0 unspecified atom stereocenters. The number of hydrogen-bond acceptors (Lipinski definition) is 3. The zero-order valence-corrected chi connectivity index (χ0v) is 21.9. The van der Waals surface area contributed by atoms with E-state index in [0.717, 1.165) is 10.0 Å². The van der Waals surface area contributed by atoms with Crippen LogP contribution in [0.25, 0.3) is 0 Å². The van der Waals surface area contributed by atoms with Crippen LogP contribution in [-0.4, -0.2) is 37.4 Å². The van der Waals surface area contributed by atoms with Gasteiger partial charge in [-0.2, -0.15) is 5.01 Å². The quantitative estimate of drug-likeness (QED) is 0.305. The standard InChI is InChI=1S/C22H17Br2Cl3N2O3/c23-16-8-14-15(9-17(16)24)22(32)29(21(14)31)28(10-11-5-6-12(25)7-19(11)27)20(30)13-3-1-2-4-18(13)26/h1-7,14-17H,8-10H2/t14-,15+,16-,17-/m0/s1. The highest BCUT2D eigenvalue weighted by atomic mass is 79.9. The number of fused-ring (bicyclic) bond motifs is 1. The number of halogens is 5. The van der Waals surface area contributed by atoms with Crippen molar-refractivity contribution < 1.29 is 14.4 Å². The number of imide groups is 1. The minimum absolute atomic E-state index is 0.0545. The number of carbonyl (C=O) groups is 3. The van der Waals surface area contributed by atoms with E-state index in [9.17, 15) is 14.4 Å². The predicted molar refractivity (Wildman–Crippen MR) is 131 cm³/mol. The summed E-state index contributed by atoms with van der Waals surface area (Å²) in [5.74, 6) is -2.35. The van der Waals surface area contributed by atoms with Crippen LogP contribution in [0, 0.1) is 11.8 Å². The van der Waals surface area contributed by atoms with Gasteiger partial charge in [-0.05, 0) is 42.7 Å². The minimum atomic E-state index is -0.562. The van der Waals surface area contributed by atoms with Gasteiger partial charge in [-0.3, -0.25) is 14.4 Å². The molecular formula is C22H17Br2Cl3N2O3. The summed E-state index contributed by atoms with van der Waals surface area (Å²) in [6, 6.07) is 11.4. The van der Waals surface area contributed by atoms with Crippen LogP contribution in [0.5, 0.6) is 0 Å². The van der Waals surface area contributed by atoms with Crippen molar-refractivity contribution in [2.75, 3.05) is 0 Å². The van der Waals surface area contributed by atoms with E-state index in [2.05, 4.69) is 31.9 Å². The van der Waals surface area contributed by atoms with E-state index >= 15 is 0 Å². The van der Waals surface area contributed by atoms with E-state index in [-0.39, 0.29) is 26.8 Å². The van der Waals surface area contributed by atoms with E-state index in [1.54, 1.807) is 42.5 Å². The summed E-state index contributed by atoms with van der Waals surface area (Å²) in [4.78, 5) is 40.4. The van der Waals surface area contributed by atoms with Crippen LogP contribution < -0.4 is 0 Å². The topological polar surface area (TPSA) is 57.7 Å². The fraction of sp³-hybridized carbons (Fsp3) is 0.318. The molecule has 32 heavy (non-hydrogen) atoms. The average Bonchev–Trinajstić information content (AvgIpc) is 2.98. The highest BCUT2D eigenvalue weighted by molar-refractivity contribution is 9.12. The first-order valence-corrected chi connectivity index (χ1v) is 12.8. The summed E-state index contributed by atoms with van der Waals surface area (Å²) >= 11 is 25.8. The summed E-state index contributed by atoms with van der Waals surface area (Å²) < 4.78 is 0. The number of alkyl halides is 2. The summed E-state index contributed by atoms with van der Waals surface area (Å²) in [7, 11) is 0. The van der Waals surface area contributed by atoms with Crippen molar-refractivity contribution in [2.24, 2.45) is 11.8 Å². The van der Waals surface area contributed by atoms with Crippen LogP contribution in [0.2, 0.25) is 15.1 Å². The van der Waals surface area contributed by atoms with E-state index in [4.69, 9.17) is 34.8 Å². The number of benzene rings is 2. The zero-order valence-electron chi connectivity index (χ0n) is 16.5. The smallest absolute Gasteiger partial charge is 0.272 e. The Morgan fingerprint density at radius 3 is 2.09 bits per heavy atom. The first-order valence-electron chi connectivity index (χ1n) is 9.85. The molecule has 4 rings (SSSR count). The second-order valence-corrected chi connectivity index (χ2v) is 11.4. The Morgan fingerprint density at radius 1 is 0.938 bits per heavy atom. The highest BCUT2D eigenvalue weighted by Gasteiger charge is 2.54. The number of amides is 3. The maximum atomic E-state index is 13.6. The van der Waals surface area contributed by atoms with Gasteiger partial charge in [0.05, 0.1) is 29.0 Å². The van der Waals surface area contributed by atoms with Crippen molar-refractivity contribution in [3.05, 3.63) is 68.7 Å². The third kappa shape index (κ3) is 4.47. The van der Waals surface area contributed by atoms with Crippen molar-refractivity contribution in [1.29, 1.82) is 0 Å². The molecule has 2 fully saturated rings. The van der Waals surface area contributed by atoms with Crippen LogP contribution in [-0.2, 0) is 16.1 Å². The fourth-order valence-corrected chi connectivity index (χ4v) is 6.06. The molecular weight excluding hydrogens is 606 g/mol. The van der Waals surface area contributed by atoms with Gasteiger partial charge in [0.15, 0.2) is 0 Å². The lowest BCUT2D eigenvalue weighted by Gasteiger charge is -2.31. The Balaban J connectivity index is 1.75. The van der Waals surface area contributed by atoms with E-state index in [0.29, 0.717) is 28.5 Å². The normalized spacial score (nSPS) is 25.1. The van der Waals surface area contributed by atoms with Crippen LogP contribution in [0.4, 0.5) is 0 Å². The van der Waals surface area contributed by atoms with E-state index in [1.807, 2.05) is 0 Å². The van der Waals surface area contributed by atoms with Gasteiger partial charge in [-0.25, -0.2) is 5.01 Å². The Kier molecular flexibility index (Phi) is 7.23. The molecule has 1 aliphatic carbocycles. The van der Waals surface area contributed by atoms with Gasteiger partial charge >= 0.3 is 0 Å². The van der Waals surface area contributed by atoms with E-state index in [1.165, 1.54) is 0 Å². The van der Waals surface area contributed by atoms with Gasteiger partial charge in [0, 0.05) is 19.7 Å². The van der Waals surface area contributed by atoms with Crippen LogP contribution in [0.3, 0.4) is 0 Å². The van der Waals surface area contributed by atoms with Crippen LogP contribution in [0.1, 0.15) is 28.8 Å². The molecule has 2 aliphatic rings. The van der Waals surface area contributed by atoms with Gasteiger partial charge in [-0.1, -0.05) is 84.9 Å². The van der Waals surface area contributed by atoms with Crippen molar-refractivity contribution in [3.63, 3.8) is 0 Å². The molecule has 2 aromatic carbocycles. The first kappa shape index (κ1) is 24.0. The lowest BCUT2D eigenvalue weighted by molar-refractivity contribution is -0.155. The molecule has 3 amide bonds. The molecule has 2 aromatic rings. The molecule has 1 heterocycles. The maximum absolute atomic E-state index is 13.6. The van der Waals surface area contributed by atoms with Crippen molar-refractivity contribution >= 4 is 84.4 Å². The number of hydrazine groups is 1. The lowest BCUT2D eigenvalue weighted by Crippen LogP contribution is -2.50. The first-order chi connectivity index (χ1) is 15.2. The molecule has 168 valence electrons.